The van der Waals surface area contributed by atoms with E-state index in [9.17, 15) is 14.7 Å². The van der Waals surface area contributed by atoms with Gasteiger partial charge in [-0.15, -0.1) is 23.7 Å². The van der Waals surface area contributed by atoms with Crippen LogP contribution in [-0.4, -0.2) is 72.4 Å². The molecule has 1 fully saturated rings. The molecule has 2 amide bonds. The number of ether oxygens (including phenoxy) is 1. The number of nitrogens with two attached hydrogens (primary N) is 1. The number of hydrogen-bond acceptors (Lipinski definition) is 7. The molecule has 1 spiro atoms. The predicted octanol–water partition coefficient (Wildman–Crippen LogP) is -0.398. The molecule has 1 atom stereocenters. The van der Waals surface area contributed by atoms with Gasteiger partial charge in [0.15, 0.2) is 0 Å². The average molecular weight is 420 g/mol. The molecule has 5 N–H and O–H groups in total. The minimum absolute atomic E-state index is 0. The highest BCUT2D eigenvalue weighted by Gasteiger charge is 2.43. The molecule has 0 radical (unpaired) electrons. The Balaban J connectivity index is 0.00000261. The Hall–Kier alpha value is -1.23. The maximum absolute atomic E-state index is 12.3. The molecule has 8 nitrogen and oxygen atoms in total. The molecule has 10 heteroatoms. The van der Waals surface area contributed by atoms with Crippen LogP contribution in [0.25, 0.3) is 0 Å². The number of nitrogens with zero attached hydrogens (tertiary/aromatic N) is 1. The van der Waals surface area contributed by atoms with Gasteiger partial charge in [0.1, 0.15) is 5.60 Å². The van der Waals surface area contributed by atoms with Crippen molar-refractivity contribution in [1.29, 1.82) is 0 Å². The van der Waals surface area contributed by atoms with E-state index in [0.717, 1.165) is 16.9 Å². The Morgan fingerprint density at radius 1 is 1.41 bits per heavy atom. The Labute approximate surface area is 168 Å². The molecule has 0 aliphatic carbocycles. The number of fused-ring (bicyclic) bond motifs is 2. The van der Waals surface area contributed by atoms with Gasteiger partial charge in [-0.05, 0) is 30.9 Å². The lowest BCUT2D eigenvalue weighted by molar-refractivity contribution is -0.138. The molecule has 0 saturated carbocycles. The number of aliphatic hydroxyl groups excluding tert-OH is 2. The first-order chi connectivity index (χ1) is 12.5. The van der Waals surface area contributed by atoms with Crippen LogP contribution in [0.2, 0.25) is 0 Å². The highest BCUT2D eigenvalue weighted by atomic mass is 35.5. The Kier molecular flexibility index (Phi) is 7.61. The second-order valence-corrected chi connectivity index (χ2v) is 7.74. The van der Waals surface area contributed by atoms with Gasteiger partial charge in [0.2, 0.25) is 5.91 Å². The van der Waals surface area contributed by atoms with Crippen molar-refractivity contribution >= 4 is 35.6 Å². The topological polar surface area (TPSA) is 125 Å². The fourth-order valence-corrected chi connectivity index (χ4v) is 4.84. The third-order valence-electron chi connectivity index (χ3n) is 5.00. The minimum Gasteiger partial charge on any atom is -0.394 e. The van der Waals surface area contributed by atoms with E-state index in [1.165, 1.54) is 11.3 Å². The van der Waals surface area contributed by atoms with Crippen LogP contribution < -0.4 is 11.1 Å². The van der Waals surface area contributed by atoms with E-state index < -0.39 is 18.3 Å². The van der Waals surface area contributed by atoms with Crippen LogP contribution in [0, 0.1) is 0 Å². The van der Waals surface area contributed by atoms with E-state index in [1.54, 1.807) is 4.90 Å². The molecular formula is C17H26ClN3O5S. The first kappa shape index (κ1) is 22.1. The zero-order chi connectivity index (χ0) is 18.7. The van der Waals surface area contributed by atoms with Crippen LogP contribution in [0.1, 0.15) is 33.0 Å². The summed E-state index contributed by atoms with van der Waals surface area (Å²) in [6, 6.07) is 1.89. The standard InChI is InChI=1S/C17H25N3O5S.ClH/c18-8-14(23)20-4-2-17(3-5-20)15-11(1-6-25-17)7-13(26-15)16(24)19-9-12(22)10-21;/h7,12,21-22H,1-6,8-10,18H2,(H,19,24);1H. The minimum atomic E-state index is -0.965. The number of likely N-dealkylation sites (tertiary alicyclic amines) is 1. The van der Waals surface area contributed by atoms with Gasteiger partial charge in [-0.2, -0.15) is 0 Å². The number of nitrogens with one attached hydrogen (secondary N) is 1. The molecule has 0 aromatic carbocycles. The Morgan fingerprint density at radius 3 is 2.74 bits per heavy atom. The average Bonchev–Trinajstić information content (AvgIpc) is 3.12. The summed E-state index contributed by atoms with van der Waals surface area (Å²) in [7, 11) is 0. The quantitative estimate of drug-likeness (QED) is 0.514. The SMILES string of the molecule is Cl.NCC(=O)N1CCC2(CC1)OCCc1cc(C(=O)NCC(O)CO)sc12. The van der Waals surface area contributed by atoms with Crippen LogP contribution in [0.15, 0.2) is 6.07 Å². The summed E-state index contributed by atoms with van der Waals surface area (Å²) in [6.07, 6.45) is 1.17. The van der Waals surface area contributed by atoms with E-state index in [0.29, 0.717) is 37.4 Å². The molecular weight excluding hydrogens is 394 g/mol. The maximum atomic E-state index is 12.3. The van der Waals surface area contributed by atoms with Crippen LogP contribution in [0.4, 0.5) is 0 Å². The van der Waals surface area contributed by atoms with Gasteiger partial charge >= 0.3 is 0 Å². The molecule has 1 aromatic heterocycles. The highest BCUT2D eigenvalue weighted by Crippen LogP contribution is 2.45. The lowest BCUT2D eigenvalue weighted by atomic mass is 9.85. The van der Waals surface area contributed by atoms with E-state index in [4.69, 9.17) is 15.6 Å². The van der Waals surface area contributed by atoms with Gasteiger partial charge in [0.25, 0.3) is 5.91 Å². The monoisotopic (exact) mass is 419 g/mol. The summed E-state index contributed by atoms with van der Waals surface area (Å²) in [5.74, 6) is -0.313. The third-order valence-corrected chi connectivity index (χ3v) is 6.37. The number of piperidine rings is 1. The van der Waals surface area contributed by atoms with Crippen LogP contribution >= 0.6 is 23.7 Å². The molecule has 27 heavy (non-hydrogen) atoms. The van der Waals surface area contributed by atoms with Crippen LogP contribution in [0.5, 0.6) is 0 Å². The van der Waals surface area contributed by atoms with Crippen molar-refractivity contribution in [1.82, 2.24) is 10.2 Å². The molecule has 1 aromatic rings. The van der Waals surface area contributed by atoms with Crippen molar-refractivity contribution in [3.8, 4) is 0 Å². The van der Waals surface area contributed by atoms with E-state index >= 15 is 0 Å². The van der Waals surface area contributed by atoms with E-state index in [1.807, 2.05) is 6.07 Å². The van der Waals surface area contributed by atoms with Gasteiger partial charge < -0.3 is 30.9 Å². The molecule has 2 aliphatic heterocycles. The van der Waals surface area contributed by atoms with Crippen molar-refractivity contribution in [2.45, 2.75) is 31.0 Å². The molecule has 152 valence electrons. The second-order valence-electron chi connectivity index (χ2n) is 6.69. The summed E-state index contributed by atoms with van der Waals surface area (Å²) in [6.45, 7) is 1.42. The van der Waals surface area contributed by atoms with Crippen LogP contribution in [-0.2, 0) is 21.6 Å². The molecule has 2 aliphatic rings. The van der Waals surface area contributed by atoms with Crippen molar-refractivity contribution in [2.75, 3.05) is 39.4 Å². The third kappa shape index (κ3) is 4.61. The number of hydrogen-bond donors (Lipinski definition) is 4. The summed E-state index contributed by atoms with van der Waals surface area (Å²) in [5.41, 5.74) is 6.13. The second kappa shape index (κ2) is 9.31. The first-order valence-corrected chi connectivity index (χ1v) is 9.63. The van der Waals surface area contributed by atoms with Gasteiger partial charge in [-0.1, -0.05) is 0 Å². The highest BCUT2D eigenvalue weighted by molar-refractivity contribution is 7.14. The lowest BCUT2D eigenvalue weighted by Gasteiger charge is -2.43. The summed E-state index contributed by atoms with van der Waals surface area (Å²) in [4.78, 5) is 27.5. The lowest BCUT2D eigenvalue weighted by Crippen LogP contribution is -2.49. The zero-order valence-electron chi connectivity index (χ0n) is 15.0. The predicted molar refractivity (Wildman–Crippen MR) is 103 cm³/mol. The largest absolute Gasteiger partial charge is 0.394 e. The maximum Gasteiger partial charge on any atom is 0.261 e. The van der Waals surface area contributed by atoms with Gasteiger partial charge in [-0.25, -0.2) is 0 Å². The molecule has 0 bridgehead atoms. The Morgan fingerprint density at radius 2 is 2.11 bits per heavy atom. The van der Waals surface area contributed by atoms with E-state index in [2.05, 4.69) is 5.32 Å². The van der Waals surface area contributed by atoms with Gasteiger partial charge in [0, 0.05) is 24.5 Å². The number of thiophene rings is 1. The number of rotatable bonds is 5. The number of carbonyl (C=O) groups excluding carboxylic acids is 2. The zero-order valence-corrected chi connectivity index (χ0v) is 16.6. The van der Waals surface area contributed by atoms with Crippen LogP contribution in [0.3, 0.4) is 0 Å². The number of amides is 2. The van der Waals surface area contributed by atoms with Crippen molar-refractivity contribution in [3.05, 3.63) is 21.4 Å². The molecule has 3 rings (SSSR count). The number of carbonyl (C=O) groups is 2. The molecule has 1 saturated heterocycles. The summed E-state index contributed by atoms with van der Waals surface area (Å²) in [5, 5.41) is 20.9. The fraction of sp³-hybridized carbons (Fsp3) is 0.647. The smallest absolute Gasteiger partial charge is 0.261 e. The molecule has 3 heterocycles. The van der Waals surface area contributed by atoms with Gasteiger partial charge in [0.05, 0.1) is 30.7 Å². The summed E-state index contributed by atoms with van der Waals surface area (Å²) >= 11 is 1.41. The number of aliphatic hydroxyl groups is 2. The summed E-state index contributed by atoms with van der Waals surface area (Å²) < 4.78 is 6.14. The number of halogens is 1. The van der Waals surface area contributed by atoms with Gasteiger partial charge in [-0.3, -0.25) is 9.59 Å². The molecule has 1 unspecified atom stereocenters. The van der Waals surface area contributed by atoms with E-state index in [-0.39, 0.29) is 37.3 Å². The van der Waals surface area contributed by atoms with Crippen molar-refractivity contribution < 1.29 is 24.5 Å². The normalized spacial score (nSPS) is 19.1. The van der Waals surface area contributed by atoms with Crippen molar-refractivity contribution in [2.24, 2.45) is 5.73 Å². The first-order valence-electron chi connectivity index (χ1n) is 8.81. The fourth-order valence-electron chi connectivity index (χ4n) is 3.51. The van der Waals surface area contributed by atoms with Crippen molar-refractivity contribution in [3.63, 3.8) is 0 Å². The Bertz CT molecular complexity index is 676.